The molecule has 1 atom stereocenters. The Labute approximate surface area is 146 Å². The number of rotatable bonds is 7. The van der Waals surface area contributed by atoms with E-state index in [2.05, 4.69) is 32.1 Å². The first-order chi connectivity index (χ1) is 12.1. The SMILES string of the molecule is CC1CCCCN1CCCNC(=O)CCn1cnc2c(=O)[nH]cnc21. The molecule has 1 unspecified atom stereocenters. The number of likely N-dealkylation sites (tertiary alicyclic amines) is 1. The van der Waals surface area contributed by atoms with Gasteiger partial charge >= 0.3 is 0 Å². The second-order valence-electron chi connectivity index (χ2n) is 6.68. The predicted octanol–water partition coefficient (Wildman–Crippen LogP) is 0.890. The van der Waals surface area contributed by atoms with Gasteiger partial charge in [0.1, 0.15) is 0 Å². The molecule has 1 fully saturated rings. The summed E-state index contributed by atoms with van der Waals surface area (Å²) in [5, 5.41) is 2.97. The number of piperidine rings is 1. The zero-order chi connectivity index (χ0) is 17.6. The molecule has 0 spiro atoms. The van der Waals surface area contributed by atoms with E-state index in [1.807, 2.05) is 0 Å². The fraction of sp³-hybridized carbons (Fsp3) is 0.647. The smallest absolute Gasteiger partial charge is 0.278 e. The normalized spacial score (nSPS) is 18.5. The maximum absolute atomic E-state index is 12.0. The topological polar surface area (TPSA) is 95.9 Å². The van der Waals surface area contributed by atoms with Gasteiger partial charge in [0, 0.05) is 32.1 Å². The summed E-state index contributed by atoms with van der Waals surface area (Å²) >= 11 is 0. The van der Waals surface area contributed by atoms with Crippen molar-refractivity contribution < 1.29 is 4.79 Å². The molecule has 0 aromatic carbocycles. The van der Waals surface area contributed by atoms with Gasteiger partial charge < -0.3 is 19.8 Å². The van der Waals surface area contributed by atoms with Crippen molar-refractivity contribution in [1.82, 2.24) is 29.7 Å². The molecule has 1 saturated heterocycles. The van der Waals surface area contributed by atoms with Crippen molar-refractivity contribution in [3.05, 3.63) is 23.0 Å². The maximum Gasteiger partial charge on any atom is 0.278 e. The largest absolute Gasteiger partial charge is 0.356 e. The van der Waals surface area contributed by atoms with E-state index in [1.54, 1.807) is 10.9 Å². The average molecular weight is 346 g/mol. The number of H-pyrrole nitrogens is 1. The van der Waals surface area contributed by atoms with E-state index in [-0.39, 0.29) is 11.5 Å². The molecule has 3 heterocycles. The van der Waals surface area contributed by atoms with Crippen LogP contribution in [0, 0.1) is 0 Å². The Hall–Kier alpha value is -2.22. The van der Waals surface area contributed by atoms with Gasteiger partial charge in [-0.1, -0.05) is 6.42 Å². The second kappa shape index (κ2) is 8.24. The van der Waals surface area contributed by atoms with Gasteiger partial charge in [-0.2, -0.15) is 0 Å². The average Bonchev–Trinajstić information content (AvgIpc) is 3.03. The number of hydrogen-bond donors (Lipinski definition) is 2. The van der Waals surface area contributed by atoms with Crippen LogP contribution >= 0.6 is 0 Å². The highest BCUT2D eigenvalue weighted by Crippen LogP contribution is 2.16. The quantitative estimate of drug-likeness (QED) is 0.726. The summed E-state index contributed by atoms with van der Waals surface area (Å²) in [5.74, 6) is 0.0124. The van der Waals surface area contributed by atoms with E-state index >= 15 is 0 Å². The summed E-state index contributed by atoms with van der Waals surface area (Å²) in [6, 6.07) is 0.662. The van der Waals surface area contributed by atoms with E-state index in [1.165, 1.54) is 32.1 Å². The van der Waals surface area contributed by atoms with Crippen molar-refractivity contribution >= 4 is 17.1 Å². The molecule has 2 aromatic heterocycles. The Kier molecular flexibility index (Phi) is 5.80. The Morgan fingerprint density at radius 1 is 1.36 bits per heavy atom. The third-order valence-corrected chi connectivity index (χ3v) is 4.87. The second-order valence-corrected chi connectivity index (χ2v) is 6.68. The van der Waals surface area contributed by atoms with Crippen LogP contribution in [0.1, 0.15) is 39.0 Å². The van der Waals surface area contributed by atoms with Crippen LogP contribution in [0.25, 0.3) is 11.2 Å². The van der Waals surface area contributed by atoms with E-state index in [4.69, 9.17) is 0 Å². The zero-order valence-electron chi connectivity index (χ0n) is 14.7. The number of fused-ring (bicyclic) bond motifs is 1. The molecule has 1 aliphatic rings. The lowest BCUT2D eigenvalue weighted by Crippen LogP contribution is -2.39. The molecular weight excluding hydrogens is 320 g/mol. The molecular formula is C17H26N6O2. The number of amides is 1. The Morgan fingerprint density at radius 3 is 3.08 bits per heavy atom. The molecule has 0 bridgehead atoms. The minimum absolute atomic E-state index is 0.0124. The lowest BCUT2D eigenvalue weighted by molar-refractivity contribution is -0.121. The molecule has 136 valence electrons. The van der Waals surface area contributed by atoms with Crippen molar-refractivity contribution in [2.45, 2.75) is 51.6 Å². The van der Waals surface area contributed by atoms with E-state index in [9.17, 15) is 9.59 Å². The van der Waals surface area contributed by atoms with Crippen LogP contribution < -0.4 is 10.9 Å². The first-order valence-corrected chi connectivity index (χ1v) is 9.04. The molecule has 25 heavy (non-hydrogen) atoms. The van der Waals surface area contributed by atoms with Gasteiger partial charge in [0.05, 0.1) is 12.7 Å². The Morgan fingerprint density at radius 2 is 2.24 bits per heavy atom. The molecule has 3 rings (SSSR count). The van der Waals surface area contributed by atoms with Crippen molar-refractivity contribution in [2.24, 2.45) is 0 Å². The molecule has 1 aliphatic heterocycles. The summed E-state index contributed by atoms with van der Waals surface area (Å²) in [7, 11) is 0. The first-order valence-electron chi connectivity index (χ1n) is 9.04. The summed E-state index contributed by atoms with van der Waals surface area (Å²) < 4.78 is 1.74. The van der Waals surface area contributed by atoms with Gasteiger partial charge in [0.15, 0.2) is 11.2 Å². The summed E-state index contributed by atoms with van der Waals surface area (Å²) in [5.41, 5.74) is 0.550. The lowest BCUT2D eigenvalue weighted by Gasteiger charge is -2.33. The fourth-order valence-electron chi connectivity index (χ4n) is 3.37. The monoisotopic (exact) mass is 346 g/mol. The molecule has 0 saturated carbocycles. The zero-order valence-corrected chi connectivity index (χ0v) is 14.7. The van der Waals surface area contributed by atoms with Crippen LogP contribution in [0.5, 0.6) is 0 Å². The van der Waals surface area contributed by atoms with Crippen molar-refractivity contribution in [1.29, 1.82) is 0 Å². The minimum Gasteiger partial charge on any atom is -0.356 e. The van der Waals surface area contributed by atoms with E-state index in [0.29, 0.717) is 36.7 Å². The van der Waals surface area contributed by atoms with Gasteiger partial charge in [-0.3, -0.25) is 9.59 Å². The lowest BCUT2D eigenvalue weighted by atomic mass is 10.0. The molecule has 0 aliphatic carbocycles. The highest BCUT2D eigenvalue weighted by atomic mass is 16.1. The summed E-state index contributed by atoms with van der Waals surface area (Å²) in [4.78, 5) is 36.8. The third kappa shape index (κ3) is 4.45. The van der Waals surface area contributed by atoms with E-state index < -0.39 is 0 Å². The number of aryl methyl sites for hydroxylation is 1. The van der Waals surface area contributed by atoms with Crippen molar-refractivity contribution in [2.75, 3.05) is 19.6 Å². The highest BCUT2D eigenvalue weighted by molar-refractivity contribution is 5.76. The molecule has 1 amide bonds. The molecule has 2 N–H and O–H groups in total. The fourth-order valence-corrected chi connectivity index (χ4v) is 3.37. The van der Waals surface area contributed by atoms with Gasteiger partial charge in [0.25, 0.3) is 5.56 Å². The summed E-state index contributed by atoms with van der Waals surface area (Å²) in [6.45, 7) is 5.66. The van der Waals surface area contributed by atoms with E-state index in [0.717, 1.165) is 13.0 Å². The number of nitrogens with one attached hydrogen (secondary N) is 2. The Bertz CT molecular complexity index is 768. The number of aromatic amines is 1. The van der Waals surface area contributed by atoms with Crippen LogP contribution in [0.2, 0.25) is 0 Å². The summed E-state index contributed by atoms with van der Waals surface area (Å²) in [6.07, 6.45) is 8.12. The van der Waals surface area contributed by atoms with Crippen LogP contribution in [-0.2, 0) is 11.3 Å². The third-order valence-electron chi connectivity index (χ3n) is 4.87. The van der Waals surface area contributed by atoms with Crippen molar-refractivity contribution in [3.63, 3.8) is 0 Å². The first kappa shape index (κ1) is 17.6. The number of hydrogen-bond acceptors (Lipinski definition) is 5. The number of carbonyl (C=O) groups excluding carboxylic acids is 1. The van der Waals surface area contributed by atoms with Crippen LogP contribution in [0.4, 0.5) is 0 Å². The molecule has 8 heteroatoms. The van der Waals surface area contributed by atoms with Gasteiger partial charge in [-0.05, 0) is 32.7 Å². The van der Waals surface area contributed by atoms with Gasteiger partial charge in [-0.15, -0.1) is 0 Å². The minimum atomic E-state index is -0.264. The highest BCUT2D eigenvalue weighted by Gasteiger charge is 2.17. The molecule has 8 nitrogen and oxygen atoms in total. The van der Waals surface area contributed by atoms with Crippen LogP contribution in [-0.4, -0.2) is 56.0 Å². The van der Waals surface area contributed by atoms with Gasteiger partial charge in [-0.25, -0.2) is 9.97 Å². The Balaban J connectivity index is 1.39. The molecule has 0 radical (unpaired) electrons. The number of nitrogens with zero attached hydrogens (tertiary/aromatic N) is 4. The number of carbonyl (C=O) groups is 1. The van der Waals surface area contributed by atoms with Gasteiger partial charge in [0.2, 0.25) is 5.91 Å². The molecule has 2 aromatic rings. The number of imidazole rings is 1. The van der Waals surface area contributed by atoms with Crippen LogP contribution in [0.15, 0.2) is 17.4 Å². The van der Waals surface area contributed by atoms with Crippen molar-refractivity contribution in [3.8, 4) is 0 Å². The standard InChI is InChI=1S/C17H26N6O2/c1-13-5-2-3-8-22(13)9-4-7-18-14(24)6-10-23-12-21-15-16(23)19-11-20-17(15)25/h11-13H,2-10H2,1H3,(H,18,24)(H,19,20,25). The number of aromatic nitrogens is 4. The predicted molar refractivity (Wildman–Crippen MR) is 95.3 cm³/mol. The van der Waals surface area contributed by atoms with Crippen LogP contribution in [0.3, 0.4) is 0 Å². The maximum atomic E-state index is 12.0.